The van der Waals surface area contributed by atoms with Gasteiger partial charge in [-0.15, -0.1) is 0 Å². The van der Waals surface area contributed by atoms with Gasteiger partial charge in [0.1, 0.15) is 5.75 Å². The van der Waals surface area contributed by atoms with Crippen LogP contribution in [0.3, 0.4) is 0 Å². The SMILES string of the molecule is Cc1cc(O)cc(C)c1C[C@H](N)[C@@H](O)C/C=C/[C@H](O)[C@@H](Cc1ccccc1)C(=O)O[C@@H](Cc1ccccc1)C(N)=O. The van der Waals surface area contributed by atoms with Crippen molar-refractivity contribution >= 4 is 11.9 Å². The Labute approximate surface area is 241 Å². The normalized spacial score (nSPS) is 15.1. The van der Waals surface area contributed by atoms with E-state index >= 15 is 0 Å². The van der Waals surface area contributed by atoms with Crippen LogP contribution in [0.5, 0.6) is 5.75 Å². The van der Waals surface area contributed by atoms with Crippen LogP contribution in [0.2, 0.25) is 0 Å². The molecular weight excluding hydrogens is 520 g/mol. The van der Waals surface area contributed by atoms with Crippen molar-refractivity contribution in [2.45, 2.75) is 63.9 Å². The number of aliphatic hydroxyl groups excluding tert-OH is 2. The Morgan fingerprint density at radius 1 is 0.878 bits per heavy atom. The van der Waals surface area contributed by atoms with Crippen LogP contribution in [0, 0.1) is 19.8 Å². The maximum Gasteiger partial charge on any atom is 0.313 e. The molecule has 0 aliphatic heterocycles. The lowest BCUT2D eigenvalue weighted by Crippen LogP contribution is -2.39. The molecule has 0 radical (unpaired) electrons. The fraction of sp³-hybridized carbons (Fsp3) is 0.333. The molecule has 5 atom stereocenters. The maximum absolute atomic E-state index is 13.3. The van der Waals surface area contributed by atoms with Crippen molar-refractivity contribution in [1.82, 2.24) is 0 Å². The van der Waals surface area contributed by atoms with Crippen molar-refractivity contribution in [2.75, 3.05) is 0 Å². The Morgan fingerprint density at radius 3 is 1.95 bits per heavy atom. The van der Waals surface area contributed by atoms with Crippen molar-refractivity contribution in [1.29, 1.82) is 0 Å². The van der Waals surface area contributed by atoms with Crippen molar-refractivity contribution in [3.8, 4) is 5.75 Å². The average Bonchev–Trinajstić information content (AvgIpc) is 2.94. The fourth-order valence-electron chi connectivity index (χ4n) is 4.80. The van der Waals surface area contributed by atoms with Crippen LogP contribution in [0.15, 0.2) is 84.9 Å². The molecule has 0 aliphatic carbocycles. The molecule has 8 heteroatoms. The Kier molecular flexibility index (Phi) is 11.6. The number of rotatable bonds is 14. The molecule has 1 amide bonds. The van der Waals surface area contributed by atoms with E-state index in [0.29, 0.717) is 6.42 Å². The first-order valence-corrected chi connectivity index (χ1v) is 13.7. The van der Waals surface area contributed by atoms with E-state index in [4.69, 9.17) is 16.2 Å². The lowest BCUT2D eigenvalue weighted by atomic mass is 9.92. The summed E-state index contributed by atoms with van der Waals surface area (Å²) in [4.78, 5) is 25.4. The van der Waals surface area contributed by atoms with Crippen molar-refractivity contribution < 1.29 is 29.6 Å². The molecule has 3 aromatic carbocycles. The van der Waals surface area contributed by atoms with Gasteiger partial charge in [-0.3, -0.25) is 9.59 Å². The fourth-order valence-corrected chi connectivity index (χ4v) is 4.80. The van der Waals surface area contributed by atoms with Gasteiger partial charge in [-0.25, -0.2) is 0 Å². The average molecular weight is 561 g/mol. The molecule has 0 spiro atoms. The Hall–Kier alpha value is -3.98. The number of phenols is 1. The molecule has 41 heavy (non-hydrogen) atoms. The second-order valence-corrected chi connectivity index (χ2v) is 10.5. The van der Waals surface area contributed by atoms with Crippen LogP contribution in [0.25, 0.3) is 0 Å². The first kappa shape index (κ1) is 31.5. The number of amides is 1. The summed E-state index contributed by atoms with van der Waals surface area (Å²) in [6.07, 6.45) is 0.539. The van der Waals surface area contributed by atoms with Crippen molar-refractivity contribution in [2.24, 2.45) is 17.4 Å². The van der Waals surface area contributed by atoms with E-state index in [1.165, 1.54) is 6.08 Å². The molecule has 0 saturated carbocycles. The van der Waals surface area contributed by atoms with Crippen LogP contribution >= 0.6 is 0 Å². The van der Waals surface area contributed by atoms with E-state index in [-0.39, 0.29) is 25.0 Å². The summed E-state index contributed by atoms with van der Waals surface area (Å²) >= 11 is 0. The number of aromatic hydroxyl groups is 1. The van der Waals surface area contributed by atoms with Crippen LogP contribution in [0.4, 0.5) is 0 Å². The first-order valence-electron chi connectivity index (χ1n) is 13.7. The zero-order valence-electron chi connectivity index (χ0n) is 23.5. The van der Waals surface area contributed by atoms with Gasteiger partial charge in [-0.2, -0.15) is 0 Å². The molecule has 0 heterocycles. The Balaban J connectivity index is 1.69. The highest BCUT2D eigenvalue weighted by Crippen LogP contribution is 2.23. The second-order valence-electron chi connectivity index (χ2n) is 10.5. The van der Waals surface area contributed by atoms with Gasteiger partial charge in [-0.05, 0) is 73.1 Å². The number of hydrogen-bond acceptors (Lipinski definition) is 7. The van der Waals surface area contributed by atoms with Gasteiger partial charge in [0.15, 0.2) is 6.10 Å². The topological polar surface area (TPSA) is 156 Å². The highest BCUT2D eigenvalue weighted by atomic mass is 16.5. The van der Waals surface area contributed by atoms with Crippen molar-refractivity contribution in [3.05, 3.63) is 113 Å². The van der Waals surface area contributed by atoms with E-state index < -0.39 is 42.1 Å². The van der Waals surface area contributed by atoms with Crippen LogP contribution < -0.4 is 11.5 Å². The van der Waals surface area contributed by atoms with Gasteiger partial charge in [0, 0.05) is 12.5 Å². The number of benzene rings is 3. The smallest absolute Gasteiger partial charge is 0.313 e. The second kappa shape index (κ2) is 15.1. The molecule has 7 N–H and O–H groups in total. The van der Waals surface area contributed by atoms with Gasteiger partial charge >= 0.3 is 5.97 Å². The Bertz CT molecular complexity index is 1290. The lowest BCUT2D eigenvalue weighted by Gasteiger charge is -2.23. The number of nitrogens with two attached hydrogens (primary N) is 2. The third-order valence-corrected chi connectivity index (χ3v) is 7.18. The highest BCUT2D eigenvalue weighted by Gasteiger charge is 2.31. The largest absolute Gasteiger partial charge is 0.508 e. The minimum absolute atomic E-state index is 0.121. The van der Waals surface area contributed by atoms with E-state index in [1.54, 1.807) is 18.2 Å². The molecular formula is C33H40N2O6. The molecule has 218 valence electrons. The van der Waals surface area contributed by atoms with Crippen LogP contribution in [0.1, 0.15) is 34.2 Å². The van der Waals surface area contributed by atoms with Crippen LogP contribution in [-0.2, 0) is 33.6 Å². The van der Waals surface area contributed by atoms with E-state index in [0.717, 1.165) is 27.8 Å². The number of phenolic OH excluding ortho intramolecular Hbond substituents is 1. The predicted octanol–water partition coefficient (Wildman–Crippen LogP) is 3.05. The molecule has 3 rings (SSSR count). The Morgan fingerprint density at radius 2 is 1.41 bits per heavy atom. The summed E-state index contributed by atoms with van der Waals surface area (Å²) in [6.45, 7) is 3.76. The molecule has 0 aromatic heterocycles. The predicted molar refractivity (Wildman–Crippen MR) is 158 cm³/mol. The van der Waals surface area contributed by atoms with E-state index in [9.17, 15) is 24.9 Å². The number of carbonyl (C=O) groups is 2. The number of ether oxygens (including phenoxy) is 1. The molecule has 0 fully saturated rings. The summed E-state index contributed by atoms with van der Waals surface area (Å²) in [5.74, 6) is -2.36. The minimum Gasteiger partial charge on any atom is -0.508 e. The number of hydrogen-bond donors (Lipinski definition) is 5. The molecule has 3 aromatic rings. The molecule has 0 aliphatic rings. The molecule has 0 bridgehead atoms. The first-order chi connectivity index (χ1) is 19.5. The summed E-state index contributed by atoms with van der Waals surface area (Å²) in [7, 11) is 0. The summed E-state index contributed by atoms with van der Waals surface area (Å²) < 4.78 is 5.54. The maximum atomic E-state index is 13.3. The molecule has 0 saturated heterocycles. The molecule has 0 unspecified atom stereocenters. The highest BCUT2D eigenvalue weighted by molar-refractivity contribution is 5.83. The third kappa shape index (κ3) is 9.56. The van der Waals surface area contributed by atoms with Crippen LogP contribution in [-0.4, -0.2) is 51.5 Å². The van der Waals surface area contributed by atoms with E-state index in [1.807, 2.05) is 74.5 Å². The summed E-state index contributed by atoms with van der Waals surface area (Å²) in [6, 6.07) is 21.0. The monoisotopic (exact) mass is 560 g/mol. The third-order valence-electron chi connectivity index (χ3n) is 7.18. The van der Waals surface area contributed by atoms with Crippen molar-refractivity contribution in [3.63, 3.8) is 0 Å². The van der Waals surface area contributed by atoms with Gasteiger partial charge in [0.25, 0.3) is 5.91 Å². The molecule has 8 nitrogen and oxygen atoms in total. The summed E-state index contributed by atoms with van der Waals surface area (Å²) in [5, 5.41) is 31.5. The number of primary amides is 1. The summed E-state index contributed by atoms with van der Waals surface area (Å²) in [5.41, 5.74) is 16.1. The number of esters is 1. The number of aliphatic hydroxyl groups is 2. The number of aryl methyl sites for hydroxylation is 2. The lowest BCUT2D eigenvalue weighted by molar-refractivity contribution is -0.161. The van der Waals surface area contributed by atoms with Gasteiger partial charge in [0.05, 0.1) is 18.1 Å². The quantitative estimate of drug-likeness (QED) is 0.150. The van der Waals surface area contributed by atoms with Gasteiger partial charge in [-0.1, -0.05) is 72.8 Å². The van der Waals surface area contributed by atoms with Gasteiger partial charge < -0.3 is 31.5 Å². The minimum atomic E-state index is -1.25. The zero-order chi connectivity index (χ0) is 29.9. The van der Waals surface area contributed by atoms with E-state index in [2.05, 4.69) is 0 Å². The number of carbonyl (C=O) groups excluding carboxylic acids is 2. The zero-order valence-corrected chi connectivity index (χ0v) is 23.5. The van der Waals surface area contributed by atoms with Gasteiger partial charge in [0.2, 0.25) is 0 Å². The standard InChI is InChI=1S/C33H40N2O6/c1-21-16-25(36)17-22(2)26(21)20-28(34)30(38)15-9-14-29(37)27(18-23-10-5-3-6-11-23)33(40)41-31(32(35)39)19-24-12-7-4-8-13-24/h3-14,16-17,27-31,36-38H,15,18-20,34H2,1-2H3,(H2,35,39)/b14-9+/t27-,28+,29+,30+,31+/m1/s1.